The zero-order valence-corrected chi connectivity index (χ0v) is 59.8. The van der Waals surface area contributed by atoms with Crippen LogP contribution in [0.2, 0.25) is 0 Å². The van der Waals surface area contributed by atoms with Crippen LogP contribution in [0.5, 0.6) is 0 Å². The molecule has 0 rings (SSSR count). The molecule has 0 fully saturated rings. The van der Waals surface area contributed by atoms with E-state index < -0.39 is 97.5 Å². The fourth-order valence-electron chi connectivity index (χ4n) is 10.4. The lowest BCUT2D eigenvalue weighted by Crippen LogP contribution is -2.30. The van der Waals surface area contributed by atoms with Crippen LogP contribution in [-0.4, -0.2) is 96.7 Å². The molecule has 528 valence electrons. The number of phosphoric ester groups is 2. The fourth-order valence-corrected chi connectivity index (χ4v) is 12.0. The van der Waals surface area contributed by atoms with E-state index >= 15 is 0 Å². The molecular formula is C70H136O17P2. The van der Waals surface area contributed by atoms with E-state index in [-0.39, 0.29) is 25.7 Å². The third-order valence-corrected chi connectivity index (χ3v) is 18.7. The highest BCUT2D eigenvalue weighted by molar-refractivity contribution is 7.47. The molecule has 0 aliphatic carbocycles. The molecule has 0 amide bonds. The van der Waals surface area contributed by atoms with Crippen LogP contribution in [0.1, 0.15) is 344 Å². The van der Waals surface area contributed by atoms with Gasteiger partial charge in [0, 0.05) is 25.7 Å². The summed E-state index contributed by atoms with van der Waals surface area (Å²) in [5, 5.41) is 10.6. The monoisotopic (exact) mass is 1310 g/mol. The quantitative estimate of drug-likeness (QED) is 0.0222. The van der Waals surface area contributed by atoms with Crippen LogP contribution in [0, 0.1) is 23.7 Å². The Labute approximate surface area is 543 Å². The molecule has 0 aliphatic rings. The van der Waals surface area contributed by atoms with E-state index in [0.29, 0.717) is 31.6 Å². The van der Waals surface area contributed by atoms with Crippen LogP contribution in [0.3, 0.4) is 0 Å². The van der Waals surface area contributed by atoms with Gasteiger partial charge in [-0.25, -0.2) is 9.13 Å². The number of phosphoric acid groups is 2. The number of aliphatic hydroxyl groups excluding tert-OH is 1. The predicted molar refractivity (Wildman–Crippen MR) is 358 cm³/mol. The third-order valence-electron chi connectivity index (χ3n) is 16.8. The fraction of sp³-hybridized carbons (Fsp3) is 0.943. The Balaban J connectivity index is 5.21. The smallest absolute Gasteiger partial charge is 0.462 e. The van der Waals surface area contributed by atoms with Crippen molar-refractivity contribution in [2.75, 3.05) is 39.6 Å². The second-order valence-electron chi connectivity index (χ2n) is 26.7. The lowest BCUT2D eigenvalue weighted by atomic mass is 9.99. The van der Waals surface area contributed by atoms with Crippen LogP contribution in [0.15, 0.2) is 0 Å². The predicted octanol–water partition coefficient (Wildman–Crippen LogP) is 19.7. The molecule has 3 N–H and O–H groups in total. The lowest BCUT2D eigenvalue weighted by Gasteiger charge is -2.21. The van der Waals surface area contributed by atoms with Crippen molar-refractivity contribution in [1.82, 2.24) is 0 Å². The molecule has 0 aromatic heterocycles. The van der Waals surface area contributed by atoms with Crippen molar-refractivity contribution in [1.29, 1.82) is 0 Å². The number of ether oxygens (including phenoxy) is 4. The van der Waals surface area contributed by atoms with Gasteiger partial charge in [-0.05, 0) is 49.4 Å². The van der Waals surface area contributed by atoms with E-state index in [0.717, 1.165) is 120 Å². The van der Waals surface area contributed by atoms with Crippen molar-refractivity contribution in [2.24, 2.45) is 23.7 Å². The van der Waals surface area contributed by atoms with Gasteiger partial charge in [-0.15, -0.1) is 0 Å². The minimum Gasteiger partial charge on any atom is -0.462 e. The molecule has 19 heteroatoms. The topological polar surface area (TPSA) is 237 Å². The van der Waals surface area contributed by atoms with Gasteiger partial charge in [-0.1, -0.05) is 293 Å². The maximum Gasteiger partial charge on any atom is 0.472 e. The van der Waals surface area contributed by atoms with Crippen LogP contribution >= 0.6 is 15.6 Å². The Kier molecular flexibility index (Phi) is 58.5. The minimum absolute atomic E-state index is 0.104. The highest BCUT2D eigenvalue weighted by Crippen LogP contribution is 2.45. The van der Waals surface area contributed by atoms with E-state index in [1.165, 1.54) is 135 Å². The van der Waals surface area contributed by atoms with Crippen LogP contribution in [0.25, 0.3) is 0 Å². The van der Waals surface area contributed by atoms with Crippen molar-refractivity contribution in [2.45, 2.75) is 363 Å². The molecule has 0 aliphatic heterocycles. The highest BCUT2D eigenvalue weighted by Gasteiger charge is 2.30. The Morgan fingerprint density at radius 3 is 0.798 bits per heavy atom. The average molecular weight is 1310 g/mol. The number of rotatable bonds is 67. The molecular weight excluding hydrogens is 1170 g/mol. The van der Waals surface area contributed by atoms with Crippen molar-refractivity contribution in [3.05, 3.63) is 0 Å². The maximum absolute atomic E-state index is 13.0. The second kappa shape index (κ2) is 59.8. The molecule has 0 saturated heterocycles. The summed E-state index contributed by atoms with van der Waals surface area (Å²) >= 11 is 0. The molecule has 0 aromatic rings. The summed E-state index contributed by atoms with van der Waals surface area (Å²) < 4.78 is 68.2. The van der Waals surface area contributed by atoms with E-state index in [1.54, 1.807) is 0 Å². The minimum atomic E-state index is -4.95. The van der Waals surface area contributed by atoms with Gasteiger partial charge >= 0.3 is 39.5 Å². The summed E-state index contributed by atoms with van der Waals surface area (Å²) in [6.45, 7) is 14.1. The number of hydrogen-bond donors (Lipinski definition) is 3. The number of carbonyl (C=O) groups excluding carboxylic acids is 4. The van der Waals surface area contributed by atoms with Crippen molar-refractivity contribution in [3.8, 4) is 0 Å². The van der Waals surface area contributed by atoms with Gasteiger partial charge in [-0.3, -0.25) is 37.3 Å². The van der Waals surface area contributed by atoms with E-state index in [9.17, 15) is 43.2 Å². The van der Waals surface area contributed by atoms with Gasteiger partial charge < -0.3 is 33.8 Å². The summed E-state index contributed by atoms with van der Waals surface area (Å²) in [6.07, 6.45) is 41.8. The Bertz CT molecular complexity index is 1770. The molecule has 17 nitrogen and oxygen atoms in total. The van der Waals surface area contributed by atoms with E-state index in [2.05, 4.69) is 55.4 Å². The van der Waals surface area contributed by atoms with Crippen LogP contribution in [0.4, 0.5) is 0 Å². The number of aliphatic hydroxyl groups is 1. The zero-order chi connectivity index (χ0) is 66.1. The highest BCUT2D eigenvalue weighted by atomic mass is 31.2. The molecule has 0 aromatic carbocycles. The zero-order valence-electron chi connectivity index (χ0n) is 58.1. The van der Waals surface area contributed by atoms with Gasteiger partial charge in [0.2, 0.25) is 0 Å². The van der Waals surface area contributed by atoms with Crippen LogP contribution in [-0.2, 0) is 65.4 Å². The van der Waals surface area contributed by atoms with Crippen LogP contribution < -0.4 is 0 Å². The second-order valence-corrected chi connectivity index (χ2v) is 29.6. The maximum atomic E-state index is 13.0. The van der Waals surface area contributed by atoms with Gasteiger partial charge in [0.1, 0.15) is 19.3 Å². The SMILES string of the molecule is CCC(C)CCCCCCCCCCCCCCCCC(=O)O[C@H](COC(=O)CCCCCCCCC(C)C)COP(=O)(O)OC[C@@H](O)COP(=O)(O)OC[C@@H](COC(=O)CCCCCCCCC(C)CC)OC(=O)CCCCCCCCCCCC(C)C. The molecule has 0 saturated carbocycles. The summed E-state index contributed by atoms with van der Waals surface area (Å²) in [5.41, 5.74) is 0. The third kappa shape index (κ3) is 62.0. The molecule has 0 spiro atoms. The molecule has 0 radical (unpaired) electrons. The Hall–Kier alpha value is -1.94. The largest absolute Gasteiger partial charge is 0.472 e. The molecule has 7 atom stereocenters. The first kappa shape index (κ1) is 87.1. The van der Waals surface area contributed by atoms with E-state index in [1.807, 2.05) is 0 Å². The number of unbranched alkanes of at least 4 members (excludes halogenated alkanes) is 31. The van der Waals surface area contributed by atoms with Gasteiger partial charge in [0.25, 0.3) is 0 Å². The van der Waals surface area contributed by atoms with E-state index in [4.69, 9.17) is 37.0 Å². The number of carbonyl (C=O) groups is 4. The molecule has 0 heterocycles. The number of hydrogen-bond acceptors (Lipinski definition) is 15. The first-order valence-electron chi connectivity index (χ1n) is 36.3. The first-order valence-corrected chi connectivity index (χ1v) is 39.3. The summed E-state index contributed by atoms with van der Waals surface area (Å²) in [6, 6.07) is 0. The van der Waals surface area contributed by atoms with Crippen molar-refractivity contribution >= 4 is 39.5 Å². The van der Waals surface area contributed by atoms with Crippen molar-refractivity contribution < 1.29 is 80.2 Å². The molecule has 4 unspecified atom stereocenters. The Morgan fingerprint density at radius 1 is 0.315 bits per heavy atom. The normalized spacial score (nSPS) is 14.9. The first-order chi connectivity index (χ1) is 42.7. The summed E-state index contributed by atoms with van der Waals surface area (Å²) in [5.74, 6) is 0.860. The summed E-state index contributed by atoms with van der Waals surface area (Å²) in [7, 11) is -9.90. The van der Waals surface area contributed by atoms with Gasteiger partial charge in [-0.2, -0.15) is 0 Å². The molecule has 0 bridgehead atoms. The lowest BCUT2D eigenvalue weighted by molar-refractivity contribution is -0.161. The average Bonchev–Trinajstić information content (AvgIpc) is 3.53. The summed E-state index contributed by atoms with van der Waals surface area (Å²) in [4.78, 5) is 72.5. The van der Waals surface area contributed by atoms with Gasteiger partial charge in [0.05, 0.1) is 26.4 Å². The standard InChI is InChI=1S/C70H136O17P2/c1-9-62(7)48-40-32-23-19-15-13-11-12-14-16-20-24-36-44-52-69(74)86-65(56-80-67(72)50-42-34-28-26-31-39-47-61(5)6)58-84-88(76,77)82-54-64(71)55-83-89(78,79)85-59-66(57-81-68(73)51-43-35-29-27-33-41-49-63(8)10-2)87-70(75)53-45-37-25-21-17-18-22-30-38-46-60(3)4/h60-66,71H,9-59H2,1-8H3,(H,76,77)(H,78,79)/t62?,63?,64-,65-,66-/m1/s1. The molecule has 89 heavy (non-hydrogen) atoms. The van der Waals surface area contributed by atoms with Gasteiger partial charge in [0.15, 0.2) is 12.2 Å². The van der Waals surface area contributed by atoms with Crippen molar-refractivity contribution in [3.63, 3.8) is 0 Å². The Morgan fingerprint density at radius 2 is 0.539 bits per heavy atom. The number of esters is 4.